The van der Waals surface area contributed by atoms with Gasteiger partial charge in [-0.15, -0.1) is 0 Å². The largest absolute Gasteiger partial charge is 0.497 e. The number of rotatable bonds is 5. The van der Waals surface area contributed by atoms with Crippen molar-refractivity contribution in [3.63, 3.8) is 0 Å². The SMILES string of the molecule is CCn1c(NC(=O)C2CCCCC2)c(-c2ccc(OC)cc2)c(=O)c2ccccc21. The maximum Gasteiger partial charge on any atom is 0.228 e. The van der Waals surface area contributed by atoms with Crippen LogP contribution in [0.25, 0.3) is 22.0 Å². The predicted octanol–water partition coefficient (Wildman–Crippen LogP) is 5.22. The van der Waals surface area contributed by atoms with Crippen LogP contribution in [0.1, 0.15) is 39.0 Å². The molecule has 1 fully saturated rings. The van der Waals surface area contributed by atoms with Gasteiger partial charge in [0.25, 0.3) is 0 Å². The van der Waals surface area contributed by atoms with E-state index in [0.29, 0.717) is 23.3 Å². The Morgan fingerprint density at radius 1 is 1.07 bits per heavy atom. The number of nitrogens with zero attached hydrogens (tertiary/aromatic N) is 1. The Labute approximate surface area is 176 Å². The van der Waals surface area contributed by atoms with Gasteiger partial charge in [0.05, 0.1) is 18.2 Å². The van der Waals surface area contributed by atoms with Crippen molar-refractivity contribution >= 4 is 22.6 Å². The normalized spacial score (nSPS) is 14.6. The predicted molar refractivity (Wildman–Crippen MR) is 121 cm³/mol. The van der Waals surface area contributed by atoms with Crippen LogP contribution in [-0.2, 0) is 11.3 Å². The van der Waals surface area contributed by atoms with Crippen molar-refractivity contribution in [2.75, 3.05) is 12.4 Å². The molecule has 3 aromatic rings. The zero-order valence-electron chi connectivity index (χ0n) is 17.6. The van der Waals surface area contributed by atoms with Gasteiger partial charge in [0.1, 0.15) is 11.6 Å². The lowest BCUT2D eigenvalue weighted by Gasteiger charge is -2.24. The molecule has 0 aliphatic heterocycles. The van der Waals surface area contributed by atoms with Crippen LogP contribution in [0, 0.1) is 5.92 Å². The number of aryl methyl sites for hydroxylation is 1. The number of benzene rings is 2. The lowest BCUT2D eigenvalue weighted by molar-refractivity contribution is -0.120. The number of fused-ring (bicyclic) bond motifs is 1. The summed E-state index contributed by atoms with van der Waals surface area (Å²) in [5.74, 6) is 1.33. The van der Waals surface area contributed by atoms with Crippen molar-refractivity contribution < 1.29 is 9.53 Å². The summed E-state index contributed by atoms with van der Waals surface area (Å²) in [5.41, 5.74) is 2.07. The third-order valence-electron chi connectivity index (χ3n) is 6.09. The molecule has 0 radical (unpaired) electrons. The topological polar surface area (TPSA) is 60.3 Å². The lowest BCUT2D eigenvalue weighted by Crippen LogP contribution is -2.28. The first-order valence-corrected chi connectivity index (χ1v) is 10.7. The number of pyridine rings is 1. The van der Waals surface area contributed by atoms with Crippen LogP contribution in [0.5, 0.6) is 5.75 Å². The molecule has 1 N–H and O–H groups in total. The first kappa shape index (κ1) is 20.2. The number of ether oxygens (including phenoxy) is 1. The Balaban J connectivity index is 1.90. The molecule has 5 nitrogen and oxygen atoms in total. The van der Waals surface area contributed by atoms with Gasteiger partial charge in [0, 0.05) is 17.8 Å². The van der Waals surface area contributed by atoms with Crippen molar-refractivity contribution in [1.82, 2.24) is 4.57 Å². The molecule has 156 valence electrons. The summed E-state index contributed by atoms with van der Waals surface area (Å²) in [6.07, 6.45) is 5.18. The van der Waals surface area contributed by atoms with E-state index < -0.39 is 0 Å². The number of carbonyl (C=O) groups excluding carboxylic acids is 1. The fraction of sp³-hybridized carbons (Fsp3) is 0.360. The van der Waals surface area contributed by atoms with Gasteiger partial charge in [-0.05, 0) is 49.6 Å². The van der Waals surface area contributed by atoms with Gasteiger partial charge < -0.3 is 14.6 Å². The highest BCUT2D eigenvalue weighted by Crippen LogP contribution is 2.32. The summed E-state index contributed by atoms with van der Waals surface area (Å²) in [7, 11) is 1.62. The summed E-state index contributed by atoms with van der Waals surface area (Å²) in [5, 5.41) is 3.81. The molecule has 1 aromatic heterocycles. The van der Waals surface area contributed by atoms with Gasteiger partial charge in [-0.3, -0.25) is 9.59 Å². The average Bonchev–Trinajstić information content (AvgIpc) is 2.80. The molecule has 1 saturated carbocycles. The van der Waals surface area contributed by atoms with Gasteiger partial charge in [0.15, 0.2) is 5.43 Å². The van der Waals surface area contributed by atoms with E-state index in [0.717, 1.165) is 42.5 Å². The van der Waals surface area contributed by atoms with Crippen LogP contribution in [0.4, 0.5) is 5.82 Å². The van der Waals surface area contributed by atoms with E-state index in [4.69, 9.17) is 4.74 Å². The van der Waals surface area contributed by atoms with Gasteiger partial charge in [-0.1, -0.05) is 43.5 Å². The second-order valence-electron chi connectivity index (χ2n) is 7.87. The first-order valence-electron chi connectivity index (χ1n) is 10.7. The van der Waals surface area contributed by atoms with Crippen LogP contribution in [-0.4, -0.2) is 17.6 Å². The highest BCUT2D eigenvalue weighted by atomic mass is 16.5. The Bertz CT molecular complexity index is 1110. The fourth-order valence-corrected chi connectivity index (χ4v) is 4.47. The van der Waals surface area contributed by atoms with E-state index in [1.165, 1.54) is 6.42 Å². The van der Waals surface area contributed by atoms with Crippen molar-refractivity contribution in [2.24, 2.45) is 5.92 Å². The molecule has 1 amide bonds. The minimum absolute atomic E-state index is 0.00865. The molecule has 1 heterocycles. The highest BCUT2D eigenvalue weighted by Gasteiger charge is 2.25. The number of carbonyl (C=O) groups is 1. The van der Waals surface area contributed by atoms with Crippen LogP contribution < -0.4 is 15.5 Å². The van der Waals surface area contributed by atoms with E-state index in [1.807, 2.05) is 60.0 Å². The molecular weight excluding hydrogens is 376 g/mol. The molecule has 30 heavy (non-hydrogen) atoms. The Morgan fingerprint density at radius 2 is 1.77 bits per heavy atom. The quantitative estimate of drug-likeness (QED) is 0.634. The second-order valence-corrected chi connectivity index (χ2v) is 7.87. The standard InChI is InChI=1S/C25H28N2O3/c1-3-27-21-12-8-7-11-20(21)23(28)22(17-13-15-19(30-2)16-14-17)24(27)26-25(29)18-9-5-4-6-10-18/h7-8,11-16,18H,3-6,9-10H2,1-2H3,(H,26,29). The molecule has 0 saturated heterocycles. The molecule has 4 rings (SSSR count). The highest BCUT2D eigenvalue weighted by molar-refractivity contribution is 5.99. The van der Waals surface area contributed by atoms with Crippen molar-refractivity contribution in [3.8, 4) is 16.9 Å². The molecule has 0 unspecified atom stereocenters. The molecule has 1 aliphatic carbocycles. The van der Waals surface area contributed by atoms with E-state index in [1.54, 1.807) is 7.11 Å². The summed E-state index contributed by atoms with van der Waals surface area (Å²) < 4.78 is 7.31. The zero-order valence-corrected chi connectivity index (χ0v) is 17.6. The molecule has 1 aliphatic rings. The fourth-order valence-electron chi connectivity index (χ4n) is 4.47. The number of para-hydroxylation sites is 1. The van der Waals surface area contributed by atoms with Gasteiger partial charge in [-0.25, -0.2) is 0 Å². The number of methoxy groups -OCH3 is 1. The van der Waals surface area contributed by atoms with E-state index in [2.05, 4.69) is 5.32 Å². The number of aromatic nitrogens is 1. The van der Waals surface area contributed by atoms with Crippen molar-refractivity contribution in [1.29, 1.82) is 0 Å². The monoisotopic (exact) mass is 404 g/mol. The van der Waals surface area contributed by atoms with Crippen LogP contribution >= 0.6 is 0 Å². The summed E-state index contributed by atoms with van der Waals surface area (Å²) in [6.45, 7) is 2.68. The Morgan fingerprint density at radius 3 is 2.43 bits per heavy atom. The maximum absolute atomic E-state index is 13.5. The van der Waals surface area contributed by atoms with Crippen LogP contribution in [0.2, 0.25) is 0 Å². The summed E-state index contributed by atoms with van der Waals surface area (Å²) in [4.78, 5) is 26.7. The third kappa shape index (κ3) is 3.72. The van der Waals surface area contributed by atoms with Gasteiger partial charge in [0.2, 0.25) is 5.91 Å². The lowest BCUT2D eigenvalue weighted by atomic mass is 9.88. The Hall–Kier alpha value is -3.08. The van der Waals surface area contributed by atoms with E-state index >= 15 is 0 Å². The molecular formula is C25H28N2O3. The molecule has 5 heteroatoms. The van der Waals surface area contributed by atoms with E-state index in [-0.39, 0.29) is 17.3 Å². The minimum Gasteiger partial charge on any atom is -0.497 e. The maximum atomic E-state index is 13.5. The summed E-state index contributed by atoms with van der Waals surface area (Å²) >= 11 is 0. The van der Waals surface area contributed by atoms with Crippen molar-refractivity contribution in [3.05, 3.63) is 58.8 Å². The zero-order chi connectivity index (χ0) is 21.1. The number of hydrogen-bond acceptors (Lipinski definition) is 3. The van der Waals surface area contributed by atoms with Gasteiger partial charge in [-0.2, -0.15) is 0 Å². The second kappa shape index (κ2) is 8.74. The minimum atomic E-state index is -0.0700. The number of nitrogens with one attached hydrogen (secondary N) is 1. The first-order chi connectivity index (χ1) is 14.6. The molecule has 0 atom stereocenters. The molecule has 0 spiro atoms. The number of anilines is 1. The van der Waals surface area contributed by atoms with E-state index in [9.17, 15) is 9.59 Å². The average molecular weight is 405 g/mol. The summed E-state index contributed by atoms with van der Waals surface area (Å²) in [6, 6.07) is 15.0. The third-order valence-corrected chi connectivity index (χ3v) is 6.09. The van der Waals surface area contributed by atoms with Crippen LogP contribution in [0.3, 0.4) is 0 Å². The number of hydrogen-bond donors (Lipinski definition) is 1. The molecule has 2 aromatic carbocycles. The number of amides is 1. The van der Waals surface area contributed by atoms with Crippen molar-refractivity contribution in [2.45, 2.75) is 45.6 Å². The smallest absolute Gasteiger partial charge is 0.228 e. The van der Waals surface area contributed by atoms with Crippen LogP contribution in [0.15, 0.2) is 53.3 Å². The Kier molecular flexibility index (Phi) is 5.88. The molecule has 0 bridgehead atoms. The van der Waals surface area contributed by atoms with Gasteiger partial charge >= 0.3 is 0 Å².